The maximum Gasteiger partial charge on any atom is 0.336 e. The van der Waals surface area contributed by atoms with Crippen LogP contribution in [0.2, 0.25) is 0 Å². The second kappa shape index (κ2) is 4.09. The van der Waals surface area contributed by atoms with E-state index in [2.05, 4.69) is 10.1 Å². The lowest BCUT2D eigenvalue weighted by Gasteiger charge is -2.00. The Balaban J connectivity index is 2.22. The molecule has 19 heavy (non-hydrogen) atoms. The van der Waals surface area contributed by atoms with Gasteiger partial charge >= 0.3 is 5.97 Å². The van der Waals surface area contributed by atoms with Crippen LogP contribution in [0.15, 0.2) is 42.6 Å². The maximum atomic E-state index is 11.2. The minimum atomic E-state index is -1.03. The Morgan fingerprint density at radius 2 is 1.95 bits per heavy atom. The number of aromatic hydroxyl groups is 1. The number of pyridine rings is 1. The van der Waals surface area contributed by atoms with E-state index in [1.54, 1.807) is 24.3 Å². The number of carboxylic acids is 1. The Kier molecular flexibility index (Phi) is 2.42. The van der Waals surface area contributed by atoms with Crippen LogP contribution in [0.4, 0.5) is 0 Å². The molecule has 2 N–H and O–H groups in total. The maximum absolute atomic E-state index is 11.2. The summed E-state index contributed by atoms with van der Waals surface area (Å²) in [5.41, 5.74) is 1.12. The first-order chi connectivity index (χ1) is 9.15. The molecule has 1 aromatic carbocycles. The lowest BCUT2D eigenvalue weighted by atomic mass is 10.1. The van der Waals surface area contributed by atoms with E-state index in [-0.39, 0.29) is 11.3 Å². The van der Waals surface area contributed by atoms with Crippen molar-refractivity contribution >= 4 is 11.6 Å². The molecule has 0 radical (unpaired) electrons. The fraction of sp³-hybridized carbons (Fsp3) is 0. The third-order valence-corrected chi connectivity index (χ3v) is 2.71. The first-order valence-corrected chi connectivity index (χ1v) is 5.53. The van der Waals surface area contributed by atoms with Gasteiger partial charge < -0.3 is 10.2 Å². The Bertz CT molecular complexity index is 780. The minimum Gasteiger partial charge on any atom is -0.506 e. The highest BCUT2D eigenvalue weighted by molar-refractivity contribution is 5.95. The summed E-state index contributed by atoms with van der Waals surface area (Å²) >= 11 is 0. The lowest BCUT2D eigenvalue weighted by molar-refractivity contribution is 0.0697. The zero-order valence-corrected chi connectivity index (χ0v) is 9.69. The summed E-state index contributed by atoms with van der Waals surface area (Å²) in [4.78, 5) is 15.4. The Labute approximate surface area is 107 Å². The topological polar surface area (TPSA) is 87.7 Å². The number of hydrogen-bond donors (Lipinski definition) is 2. The molecule has 6 heteroatoms. The number of benzene rings is 1. The van der Waals surface area contributed by atoms with E-state index in [9.17, 15) is 9.90 Å². The SMILES string of the molecule is O=C(O)c1ccccc1-c1nc2ccc(O)cn2n1. The van der Waals surface area contributed by atoms with Crippen LogP contribution >= 0.6 is 0 Å². The molecule has 2 heterocycles. The Hall–Kier alpha value is -2.89. The smallest absolute Gasteiger partial charge is 0.336 e. The normalized spacial score (nSPS) is 10.7. The average molecular weight is 255 g/mol. The molecule has 0 unspecified atom stereocenters. The lowest BCUT2D eigenvalue weighted by Crippen LogP contribution is -1.99. The summed E-state index contributed by atoms with van der Waals surface area (Å²) in [6.45, 7) is 0. The monoisotopic (exact) mass is 255 g/mol. The predicted octanol–water partition coefficient (Wildman–Crippen LogP) is 1.80. The van der Waals surface area contributed by atoms with Crippen LogP contribution in [0.3, 0.4) is 0 Å². The molecule has 0 aliphatic heterocycles. The number of carbonyl (C=O) groups is 1. The Morgan fingerprint density at radius 3 is 2.74 bits per heavy atom. The van der Waals surface area contributed by atoms with E-state index in [1.165, 1.54) is 22.8 Å². The first kappa shape index (κ1) is 11.2. The van der Waals surface area contributed by atoms with E-state index in [0.717, 1.165) is 0 Å². The molecular formula is C13H9N3O3. The third-order valence-electron chi connectivity index (χ3n) is 2.71. The van der Waals surface area contributed by atoms with Gasteiger partial charge in [0.2, 0.25) is 0 Å². The third kappa shape index (κ3) is 1.89. The molecule has 0 aliphatic carbocycles. The quantitative estimate of drug-likeness (QED) is 0.729. The van der Waals surface area contributed by atoms with Crippen molar-refractivity contribution in [2.75, 3.05) is 0 Å². The van der Waals surface area contributed by atoms with E-state index in [4.69, 9.17) is 5.11 Å². The zero-order chi connectivity index (χ0) is 13.4. The summed E-state index contributed by atoms with van der Waals surface area (Å²) in [6, 6.07) is 9.63. The molecule has 0 amide bonds. The van der Waals surface area contributed by atoms with Crippen LogP contribution in [0.5, 0.6) is 5.75 Å². The average Bonchev–Trinajstić information content (AvgIpc) is 2.81. The van der Waals surface area contributed by atoms with E-state index in [0.29, 0.717) is 17.0 Å². The van der Waals surface area contributed by atoms with Gasteiger partial charge in [0.05, 0.1) is 11.8 Å². The molecule has 0 saturated heterocycles. The standard InChI is InChI=1S/C13H9N3O3/c17-8-5-6-11-14-12(15-16(11)7-8)9-3-1-2-4-10(9)13(18)19/h1-7,17H,(H,18,19). The number of aromatic carboxylic acids is 1. The Morgan fingerprint density at radius 1 is 1.16 bits per heavy atom. The van der Waals surface area contributed by atoms with Gasteiger partial charge in [0, 0.05) is 5.56 Å². The van der Waals surface area contributed by atoms with Gasteiger partial charge in [0.1, 0.15) is 5.75 Å². The molecule has 6 nitrogen and oxygen atoms in total. The number of hydrogen-bond acceptors (Lipinski definition) is 4. The van der Waals surface area contributed by atoms with Gasteiger partial charge in [-0.2, -0.15) is 0 Å². The number of rotatable bonds is 2. The summed E-state index contributed by atoms with van der Waals surface area (Å²) in [5, 5.41) is 22.7. The fourth-order valence-electron chi connectivity index (χ4n) is 1.85. The summed E-state index contributed by atoms with van der Waals surface area (Å²) in [7, 11) is 0. The molecule has 0 bridgehead atoms. The summed E-state index contributed by atoms with van der Waals surface area (Å²) < 4.78 is 1.41. The minimum absolute atomic E-state index is 0.0652. The number of fused-ring (bicyclic) bond motifs is 1. The molecule has 0 saturated carbocycles. The second-order valence-corrected chi connectivity index (χ2v) is 3.98. The largest absolute Gasteiger partial charge is 0.506 e. The van der Waals surface area contributed by atoms with E-state index < -0.39 is 5.97 Å². The van der Waals surface area contributed by atoms with Gasteiger partial charge in [-0.05, 0) is 18.2 Å². The molecular weight excluding hydrogens is 246 g/mol. The van der Waals surface area contributed by atoms with Crippen molar-refractivity contribution in [1.82, 2.24) is 14.6 Å². The van der Waals surface area contributed by atoms with Gasteiger partial charge in [-0.25, -0.2) is 14.3 Å². The summed E-state index contributed by atoms with van der Waals surface area (Å²) in [5.74, 6) is -0.656. The second-order valence-electron chi connectivity index (χ2n) is 3.98. The van der Waals surface area contributed by atoms with E-state index >= 15 is 0 Å². The molecule has 94 valence electrons. The van der Waals surface area contributed by atoms with Crippen molar-refractivity contribution in [3.63, 3.8) is 0 Å². The molecule has 0 atom stereocenters. The molecule has 3 aromatic rings. The highest BCUT2D eigenvalue weighted by atomic mass is 16.4. The van der Waals surface area contributed by atoms with Gasteiger partial charge in [-0.1, -0.05) is 18.2 Å². The van der Waals surface area contributed by atoms with Crippen molar-refractivity contribution < 1.29 is 15.0 Å². The van der Waals surface area contributed by atoms with Gasteiger partial charge in [0.15, 0.2) is 11.5 Å². The van der Waals surface area contributed by atoms with Crippen molar-refractivity contribution in [2.45, 2.75) is 0 Å². The van der Waals surface area contributed by atoms with Crippen molar-refractivity contribution in [1.29, 1.82) is 0 Å². The van der Waals surface area contributed by atoms with Crippen LogP contribution in [0, 0.1) is 0 Å². The number of carboxylic acid groups (broad SMARTS) is 1. The summed E-state index contributed by atoms with van der Waals surface area (Å²) in [6.07, 6.45) is 1.41. The molecule has 0 spiro atoms. The van der Waals surface area contributed by atoms with E-state index in [1.807, 2.05) is 0 Å². The van der Waals surface area contributed by atoms with Crippen molar-refractivity contribution in [3.05, 3.63) is 48.2 Å². The molecule has 3 rings (SSSR count). The number of nitrogens with zero attached hydrogens (tertiary/aromatic N) is 3. The molecule has 0 aliphatic rings. The molecule has 2 aromatic heterocycles. The van der Waals surface area contributed by atoms with Gasteiger partial charge in [-0.15, -0.1) is 5.10 Å². The van der Waals surface area contributed by atoms with Crippen LogP contribution < -0.4 is 0 Å². The van der Waals surface area contributed by atoms with Crippen molar-refractivity contribution in [3.8, 4) is 17.1 Å². The first-order valence-electron chi connectivity index (χ1n) is 5.53. The van der Waals surface area contributed by atoms with Crippen LogP contribution in [0.25, 0.3) is 17.0 Å². The van der Waals surface area contributed by atoms with Crippen LogP contribution in [-0.4, -0.2) is 30.8 Å². The van der Waals surface area contributed by atoms with Crippen LogP contribution in [0.1, 0.15) is 10.4 Å². The highest BCUT2D eigenvalue weighted by Crippen LogP contribution is 2.21. The van der Waals surface area contributed by atoms with Gasteiger partial charge in [0.25, 0.3) is 0 Å². The highest BCUT2D eigenvalue weighted by Gasteiger charge is 2.14. The number of aromatic nitrogens is 3. The predicted molar refractivity (Wildman–Crippen MR) is 67.0 cm³/mol. The van der Waals surface area contributed by atoms with Gasteiger partial charge in [-0.3, -0.25) is 0 Å². The van der Waals surface area contributed by atoms with Crippen molar-refractivity contribution in [2.24, 2.45) is 0 Å². The fourth-order valence-corrected chi connectivity index (χ4v) is 1.85. The molecule has 0 fully saturated rings. The zero-order valence-electron chi connectivity index (χ0n) is 9.69. The van der Waals surface area contributed by atoms with Crippen LogP contribution in [-0.2, 0) is 0 Å².